The topological polar surface area (TPSA) is 101 Å². The Morgan fingerprint density at radius 2 is 1.94 bits per heavy atom. The quantitative estimate of drug-likeness (QED) is 0.488. The first-order chi connectivity index (χ1) is 16.3. The van der Waals surface area contributed by atoms with Crippen molar-refractivity contribution in [3.05, 3.63) is 64.3 Å². The highest BCUT2D eigenvalue weighted by Gasteiger charge is 2.36. The first-order valence-corrected chi connectivity index (χ1v) is 11.1. The van der Waals surface area contributed by atoms with Crippen LogP contribution in [0.25, 0.3) is 10.9 Å². The molecule has 176 valence electrons. The van der Waals surface area contributed by atoms with Crippen LogP contribution < -0.4 is 9.47 Å². The third-order valence-corrected chi connectivity index (χ3v) is 6.13. The number of hydrogen-bond acceptors (Lipinski definition) is 6. The number of aliphatic carboxylic acids is 1. The van der Waals surface area contributed by atoms with Gasteiger partial charge in [0.15, 0.2) is 0 Å². The monoisotopic (exact) mass is 481 g/mol. The SMILES string of the molecule is COc1ccc(OC)c(C2=NN(C(=O)CCC(=O)O)[C@H](c3cc4cccc(C)c4nc3Cl)C2)c1. The first-order valence-electron chi connectivity index (χ1n) is 10.7. The molecule has 1 amide bonds. The van der Waals surface area contributed by atoms with Crippen LogP contribution in [0.4, 0.5) is 0 Å². The van der Waals surface area contributed by atoms with Crippen molar-refractivity contribution >= 4 is 40.1 Å². The zero-order chi connectivity index (χ0) is 24.4. The van der Waals surface area contributed by atoms with Gasteiger partial charge in [0.2, 0.25) is 5.91 Å². The summed E-state index contributed by atoms with van der Waals surface area (Å²) in [6.45, 7) is 1.96. The van der Waals surface area contributed by atoms with E-state index in [1.165, 1.54) is 5.01 Å². The van der Waals surface area contributed by atoms with Crippen molar-refractivity contribution in [3.8, 4) is 11.5 Å². The van der Waals surface area contributed by atoms with E-state index in [-0.39, 0.29) is 18.0 Å². The highest BCUT2D eigenvalue weighted by Crippen LogP contribution is 2.39. The molecule has 1 aromatic heterocycles. The Morgan fingerprint density at radius 3 is 2.65 bits per heavy atom. The number of fused-ring (bicyclic) bond motifs is 1. The number of aromatic nitrogens is 1. The molecule has 3 aromatic rings. The van der Waals surface area contributed by atoms with Gasteiger partial charge < -0.3 is 14.6 Å². The van der Waals surface area contributed by atoms with Gasteiger partial charge in [-0.05, 0) is 36.8 Å². The van der Waals surface area contributed by atoms with Crippen LogP contribution in [-0.2, 0) is 9.59 Å². The first kappa shape index (κ1) is 23.5. The average Bonchev–Trinajstić information content (AvgIpc) is 3.27. The molecule has 0 fully saturated rings. The molecule has 0 unspecified atom stereocenters. The van der Waals surface area contributed by atoms with Crippen molar-refractivity contribution < 1.29 is 24.2 Å². The summed E-state index contributed by atoms with van der Waals surface area (Å²) < 4.78 is 10.9. The maximum absolute atomic E-state index is 13.1. The standard InChI is InChI=1S/C25H24ClN3O5/c1-14-5-4-6-15-11-18(25(26)27-24(14)15)20-13-19(28-29(20)22(30)9-10-23(31)32)17-12-16(33-2)7-8-21(17)34-3/h4-8,11-12,20H,9-10,13H2,1-3H3,(H,31,32)/t20-/m0/s1. The van der Waals surface area contributed by atoms with E-state index in [0.717, 1.165) is 16.5 Å². The minimum absolute atomic E-state index is 0.185. The van der Waals surface area contributed by atoms with E-state index in [2.05, 4.69) is 10.1 Å². The van der Waals surface area contributed by atoms with Crippen LogP contribution in [0.15, 0.2) is 47.6 Å². The molecule has 1 aliphatic heterocycles. The Kier molecular flexibility index (Phi) is 6.70. The second kappa shape index (κ2) is 9.69. The summed E-state index contributed by atoms with van der Waals surface area (Å²) in [5, 5.41) is 16.2. The molecule has 0 bridgehead atoms. The van der Waals surface area contributed by atoms with Crippen LogP contribution in [0.5, 0.6) is 11.5 Å². The third-order valence-electron chi connectivity index (χ3n) is 5.82. The zero-order valence-electron chi connectivity index (χ0n) is 19.0. The number of halogens is 1. The summed E-state index contributed by atoms with van der Waals surface area (Å²) in [7, 11) is 3.12. The molecule has 0 spiro atoms. The fourth-order valence-corrected chi connectivity index (χ4v) is 4.35. The molecule has 9 heteroatoms. The molecule has 1 aliphatic rings. The molecule has 8 nitrogen and oxygen atoms in total. The van der Waals surface area contributed by atoms with Gasteiger partial charge in [-0.15, -0.1) is 0 Å². The third kappa shape index (κ3) is 4.54. The lowest BCUT2D eigenvalue weighted by Crippen LogP contribution is -2.27. The maximum Gasteiger partial charge on any atom is 0.303 e. The number of pyridine rings is 1. The van der Waals surface area contributed by atoms with Crippen molar-refractivity contribution in [1.29, 1.82) is 0 Å². The number of carboxylic acid groups (broad SMARTS) is 1. The van der Waals surface area contributed by atoms with Gasteiger partial charge in [0.25, 0.3) is 0 Å². The van der Waals surface area contributed by atoms with Crippen LogP contribution in [0.1, 0.15) is 42.0 Å². The summed E-state index contributed by atoms with van der Waals surface area (Å²) in [4.78, 5) is 28.7. The largest absolute Gasteiger partial charge is 0.497 e. The molecule has 0 radical (unpaired) electrons. The fraction of sp³-hybridized carbons (Fsp3) is 0.280. The van der Waals surface area contributed by atoms with Crippen molar-refractivity contribution in [1.82, 2.24) is 9.99 Å². The summed E-state index contributed by atoms with van der Waals surface area (Å²) in [5.41, 5.74) is 3.70. The molecule has 2 heterocycles. The number of carboxylic acids is 1. The summed E-state index contributed by atoms with van der Waals surface area (Å²) >= 11 is 6.61. The number of benzene rings is 2. The Morgan fingerprint density at radius 1 is 1.15 bits per heavy atom. The van der Waals surface area contributed by atoms with Crippen molar-refractivity contribution in [3.63, 3.8) is 0 Å². The normalized spacial score (nSPS) is 15.4. The second-order valence-electron chi connectivity index (χ2n) is 7.98. The van der Waals surface area contributed by atoms with E-state index in [1.54, 1.807) is 32.4 Å². The van der Waals surface area contributed by atoms with Gasteiger partial charge in [0.1, 0.15) is 16.7 Å². The molecule has 1 N–H and O–H groups in total. The number of hydrazone groups is 1. The predicted molar refractivity (Wildman–Crippen MR) is 129 cm³/mol. The van der Waals surface area contributed by atoms with Crippen molar-refractivity contribution in [2.24, 2.45) is 5.10 Å². The number of amides is 1. The molecule has 1 atom stereocenters. The van der Waals surface area contributed by atoms with E-state index in [0.29, 0.717) is 34.8 Å². The minimum Gasteiger partial charge on any atom is -0.497 e. The van der Waals surface area contributed by atoms with Crippen LogP contribution in [0.2, 0.25) is 5.15 Å². The average molecular weight is 482 g/mol. The molecule has 0 aliphatic carbocycles. The number of hydrogen-bond donors (Lipinski definition) is 1. The van der Waals surface area contributed by atoms with Crippen LogP contribution in [-0.4, -0.2) is 46.9 Å². The number of methoxy groups -OCH3 is 2. The smallest absolute Gasteiger partial charge is 0.303 e. The number of carbonyl (C=O) groups excluding carboxylic acids is 1. The van der Waals surface area contributed by atoms with Crippen molar-refractivity contribution in [2.45, 2.75) is 32.2 Å². The summed E-state index contributed by atoms with van der Waals surface area (Å²) in [5.74, 6) is -0.267. The Bertz CT molecular complexity index is 1310. The summed E-state index contributed by atoms with van der Waals surface area (Å²) in [6.07, 6.45) is -0.130. The van der Waals surface area contributed by atoms with Gasteiger partial charge >= 0.3 is 5.97 Å². The number of aryl methyl sites for hydroxylation is 1. The minimum atomic E-state index is -1.05. The molecule has 34 heavy (non-hydrogen) atoms. The Hall–Kier alpha value is -3.65. The molecule has 0 saturated heterocycles. The molecule has 0 saturated carbocycles. The van der Waals surface area contributed by atoms with Crippen molar-refractivity contribution in [2.75, 3.05) is 14.2 Å². The fourth-order valence-electron chi connectivity index (χ4n) is 4.09. The van der Waals surface area contributed by atoms with Gasteiger partial charge in [-0.2, -0.15) is 5.10 Å². The molecule has 4 rings (SSSR count). The lowest BCUT2D eigenvalue weighted by atomic mass is 9.97. The van der Waals surface area contributed by atoms with E-state index in [1.807, 2.05) is 31.2 Å². The number of nitrogens with zero attached hydrogens (tertiary/aromatic N) is 3. The van der Waals surface area contributed by atoms with E-state index in [9.17, 15) is 9.59 Å². The van der Waals surface area contributed by atoms with Gasteiger partial charge in [-0.25, -0.2) is 9.99 Å². The predicted octanol–water partition coefficient (Wildman–Crippen LogP) is 4.76. The number of ether oxygens (including phenoxy) is 2. The van der Waals surface area contributed by atoms with Gasteiger partial charge in [-0.3, -0.25) is 9.59 Å². The summed E-state index contributed by atoms with van der Waals surface area (Å²) in [6, 6.07) is 12.5. The highest BCUT2D eigenvalue weighted by atomic mass is 35.5. The lowest BCUT2D eigenvalue weighted by molar-refractivity contribution is -0.141. The molecular weight excluding hydrogens is 458 g/mol. The zero-order valence-corrected chi connectivity index (χ0v) is 19.8. The molecular formula is C25H24ClN3O5. The van der Waals surface area contributed by atoms with Crippen LogP contribution in [0, 0.1) is 6.92 Å². The van der Waals surface area contributed by atoms with Crippen LogP contribution >= 0.6 is 11.6 Å². The van der Waals surface area contributed by atoms with Gasteiger partial charge in [0, 0.05) is 29.4 Å². The van der Waals surface area contributed by atoms with E-state index in [4.69, 9.17) is 26.2 Å². The second-order valence-corrected chi connectivity index (χ2v) is 8.34. The highest BCUT2D eigenvalue weighted by molar-refractivity contribution is 6.30. The van der Waals surface area contributed by atoms with Gasteiger partial charge in [-0.1, -0.05) is 29.8 Å². The Labute approximate surface area is 201 Å². The number of rotatable bonds is 7. The van der Waals surface area contributed by atoms with Gasteiger partial charge in [0.05, 0.1) is 37.9 Å². The Balaban J connectivity index is 1.80. The number of para-hydroxylation sites is 1. The maximum atomic E-state index is 13.1. The molecule has 2 aromatic carbocycles. The van der Waals surface area contributed by atoms with E-state index >= 15 is 0 Å². The number of carbonyl (C=O) groups is 2. The van der Waals surface area contributed by atoms with E-state index < -0.39 is 17.9 Å². The van der Waals surface area contributed by atoms with Crippen LogP contribution in [0.3, 0.4) is 0 Å². The lowest BCUT2D eigenvalue weighted by Gasteiger charge is -2.23.